The van der Waals surface area contributed by atoms with Gasteiger partial charge in [-0.15, -0.1) is 0 Å². The number of benzene rings is 1. The molecule has 1 aliphatic carbocycles. The maximum atomic E-state index is 12.8. The Morgan fingerprint density at radius 3 is 2.71 bits per heavy atom. The standard InChI is InChI=1S/C25H26N6O3/c1-34-19-14-16(7-10-18(19)25(33)29-20-4-2-3-11-27-20)21-22-23(26)28-12-13-31(22)24(30-21)15-5-8-17(32)9-6-15/h2-4,7,10-15,17,32H,5-6,8-9H2,1H3,(H2,26,28)(H,27,29,33). The largest absolute Gasteiger partial charge is 0.496 e. The van der Waals surface area contributed by atoms with Gasteiger partial charge in [-0.25, -0.2) is 15.0 Å². The highest BCUT2D eigenvalue weighted by Gasteiger charge is 2.27. The van der Waals surface area contributed by atoms with Crippen molar-refractivity contribution < 1.29 is 14.6 Å². The molecule has 0 unspecified atom stereocenters. The normalized spacial score (nSPS) is 18.1. The van der Waals surface area contributed by atoms with Crippen LogP contribution in [-0.2, 0) is 0 Å². The molecule has 34 heavy (non-hydrogen) atoms. The van der Waals surface area contributed by atoms with E-state index < -0.39 is 0 Å². The number of nitrogen functional groups attached to an aromatic ring is 1. The number of aromatic nitrogens is 4. The number of ether oxygens (including phenoxy) is 1. The van der Waals surface area contributed by atoms with Crippen molar-refractivity contribution in [2.24, 2.45) is 0 Å². The first-order valence-electron chi connectivity index (χ1n) is 11.3. The van der Waals surface area contributed by atoms with Crippen LogP contribution >= 0.6 is 0 Å². The van der Waals surface area contributed by atoms with Crippen molar-refractivity contribution in [1.29, 1.82) is 0 Å². The molecule has 0 spiro atoms. The highest BCUT2D eigenvalue weighted by atomic mass is 16.5. The first kappa shape index (κ1) is 21.8. The zero-order chi connectivity index (χ0) is 23.7. The fourth-order valence-corrected chi connectivity index (χ4v) is 4.56. The van der Waals surface area contributed by atoms with E-state index in [2.05, 4.69) is 15.3 Å². The Balaban J connectivity index is 1.54. The van der Waals surface area contributed by atoms with Crippen LogP contribution in [-0.4, -0.2) is 43.6 Å². The first-order chi connectivity index (χ1) is 16.5. The van der Waals surface area contributed by atoms with Gasteiger partial charge >= 0.3 is 0 Å². The molecule has 9 heteroatoms. The number of nitrogens with zero attached hydrogens (tertiary/aromatic N) is 4. The van der Waals surface area contributed by atoms with Gasteiger partial charge in [0.15, 0.2) is 0 Å². The van der Waals surface area contributed by atoms with Crippen molar-refractivity contribution in [3.05, 3.63) is 66.4 Å². The van der Waals surface area contributed by atoms with Crippen LogP contribution in [0.1, 0.15) is 47.8 Å². The van der Waals surface area contributed by atoms with E-state index >= 15 is 0 Å². The van der Waals surface area contributed by atoms with Crippen LogP contribution in [0.4, 0.5) is 11.6 Å². The van der Waals surface area contributed by atoms with Crippen LogP contribution in [0.5, 0.6) is 5.75 Å². The average Bonchev–Trinajstić information content (AvgIpc) is 3.26. The second-order valence-corrected chi connectivity index (χ2v) is 8.44. The van der Waals surface area contributed by atoms with Gasteiger partial charge in [-0.05, 0) is 49.9 Å². The minimum atomic E-state index is -0.320. The highest BCUT2D eigenvalue weighted by Crippen LogP contribution is 2.38. The molecule has 4 aromatic rings. The Bertz CT molecular complexity index is 1330. The molecule has 174 valence electrons. The third kappa shape index (κ3) is 4.06. The summed E-state index contributed by atoms with van der Waals surface area (Å²) >= 11 is 0. The third-order valence-corrected chi connectivity index (χ3v) is 6.30. The number of rotatable bonds is 5. The zero-order valence-electron chi connectivity index (χ0n) is 18.8. The van der Waals surface area contributed by atoms with Crippen LogP contribution in [0, 0.1) is 0 Å². The summed E-state index contributed by atoms with van der Waals surface area (Å²) in [4.78, 5) is 26.2. The monoisotopic (exact) mass is 458 g/mol. The number of methoxy groups -OCH3 is 1. The number of aliphatic hydroxyl groups excluding tert-OH is 1. The molecular weight excluding hydrogens is 432 g/mol. The van der Waals surface area contributed by atoms with Gasteiger partial charge in [0.05, 0.1) is 18.8 Å². The van der Waals surface area contributed by atoms with E-state index in [1.54, 1.807) is 42.7 Å². The number of fused-ring (bicyclic) bond motifs is 1. The molecule has 0 aliphatic heterocycles. The number of amides is 1. The van der Waals surface area contributed by atoms with Crippen molar-refractivity contribution in [2.45, 2.75) is 37.7 Å². The van der Waals surface area contributed by atoms with Gasteiger partial charge in [0, 0.05) is 30.1 Å². The van der Waals surface area contributed by atoms with Gasteiger partial charge in [0.1, 0.15) is 34.4 Å². The molecule has 1 amide bonds. The first-order valence-corrected chi connectivity index (χ1v) is 11.3. The van der Waals surface area contributed by atoms with Gasteiger partial charge < -0.3 is 20.9 Å². The summed E-state index contributed by atoms with van der Waals surface area (Å²) < 4.78 is 7.55. The summed E-state index contributed by atoms with van der Waals surface area (Å²) in [7, 11) is 1.52. The summed E-state index contributed by atoms with van der Waals surface area (Å²) in [6.07, 6.45) is 8.13. The van der Waals surface area contributed by atoms with Crippen LogP contribution in [0.2, 0.25) is 0 Å². The predicted octanol–water partition coefficient (Wildman–Crippen LogP) is 3.65. The molecule has 0 radical (unpaired) electrons. The molecule has 3 heterocycles. The molecule has 1 aromatic carbocycles. The Labute approximate surface area is 196 Å². The fourth-order valence-electron chi connectivity index (χ4n) is 4.56. The maximum absolute atomic E-state index is 12.8. The van der Waals surface area contributed by atoms with Crippen LogP contribution in [0.3, 0.4) is 0 Å². The van der Waals surface area contributed by atoms with Gasteiger partial charge in [-0.2, -0.15) is 0 Å². The van der Waals surface area contributed by atoms with E-state index in [9.17, 15) is 9.90 Å². The molecule has 1 fully saturated rings. The number of nitrogens with one attached hydrogen (secondary N) is 1. The lowest BCUT2D eigenvalue weighted by molar-refractivity contribution is 0.102. The van der Waals surface area contributed by atoms with E-state index in [1.807, 2.05) is 16.7 Å². The Hall–Kier alpha value is -3.98. The van der Waals surface area contributed by atoms with E-state index in [0.29, 0.717) is 28.6 Å². The van der Waals surface area contributed by atoms with E-state index in [1.165, 1.54) is 7.11 Å². The molecule has 0 bridgehead atoms. The number of aliphatic hydroxyl groups is 1. The molecule has 0 saturated heterocycles. The third-order valence-electron chi connectivity index (χ3n) is 6.30. The van der Waals surface area contributed by atoms with E-state index in [0.717, 1.165) is 42.6 Å². The number of pyridine rings is 1. The average molecular weight is 459 g/mol. The number of hydrogen-bond donors (Lipinski definition) is 3. The number of carbonyl (C=O) groups is 1. The zero-order valence-corrected chi connectivity index (χ0v) is 18.8. The maximum Gasteiger partial charge on any atom is 0.260 e. The lowest BCUT2D eigenvalue weighted by atomic mass is 9.87. The van der Waals surface area contributed by atoms with Crippen molar-refractivity contribution in [3.8, 4) is 17.0 Å². The predicted molar refractivity (Wildman–Crippen MR) is 129 cm³/mol. The number of imidazole rings is 1. The smallest absolute Gasteiger partial charge is 0.260 e. The molecule has 9 nitrogen and oxygen atoms in total. The van der Waals surface area contributed by atoms with Gasteiger partial charge in [-0.1, -0.05) is 12.1 Å². The second-order valence-electron chi connectivity index (χ2n) is 8.44. The van der Waals surface area contributed by atoms with Gasteiger partial charge in [0.25, 0.3) is 5.91 Å². The lowest BCUT2D eigenvalue weighted by Crippen LogP contribution is -2.18. The topological polar surface area (TPSA) is 128 Å². The molecule has 0 atom stereocenters. The Morgan fingerprint density at radius 2 is 1.97 bits per heavy atom. The quantitative estimate of drug-likeness (QED) is 0.416. The minimum absolute atomic E-state index is 0.219. The van der Waals surface area contributed by atoms with Crippen molar-refractivity contribution in [1.82, 2.24) is 19.4 Å². The van der Waals surface area contributed by atoms with Crippen molar-refractivity contribution >= 4 is 23.1 Å². The van der Waals surface area contributed by atoms with Crippen molar-refractivity contribution in [2.75, 3.05) is 18.2 Å². The van der Waals surface area contributed by atoms with Crippen LogP contribution < -0.4 is 15.8 Å². The summed E-state index contributed by atoms with van der Waals surface area (Å²) in [5, 5.41) is 12.7. The molecule has 5 rings (SSSR count). The summed E-state index contributed by atoms with van der Waals surface area (Å²) in [6.45, 7) is 0. The summed E-state index contributed by atoms with van der Waals surface area (Å²) in [5.74, 6) is 2.05. The van der Waals surface area contributed by atoms with E-state index in [4.69, 9.17) is 15.5 Å². The number of carbonyl (C=O) groups excluding carboxylic acids is 1. The molecule has 4 N–H and O–H groups in total. The van der Waals surface area contributed by atoms with Gasteiger partial charge in [0.2, 0.25) is 0 Å². The van der Waals surface area contributed by atoms with Gasteiger partial charge in [-0.3, -0.25) is 9.20 Å². The molecule has 1 saturated carbocycles. The molecule has 1 aliphatic rings. The van der Waals surface area contributed by atoms with E-state index in [-0.39, 0.29) is 17.9 Å². The SMILES string of the molecule is COc1cc(-c2nc(C3CCC(O)CC3)n3ccnc(N)c23)ccc1C(=O)Nc1ccccn1. The Morgan fingerprint density at radius 1 is 1.15 bits per heavy atom. The number of nitrogens with two attached hydrogens (primary N) is 1. The van der Waals surface area contributed by atoms with Crippen LogP contribution in [0.15, 0.2) is 55.0 Å². The molecular formula is C25H26N6O3. The molecule has 3 aromatic heterocycles. The Kier molecular flexibility index (Phi) is 5.85. The number of anilines is 2. The number of hydrogen-bond acceptors (Lipinski definition) is 7. The highest BCUT2D eigenvalue weighted by molar-refractivity contribution is 6.06. The summed E-state index contributed by atoms with van der Waals surface area (Å²) in [6, 6.07) is 10.6. The lowest BCUT2D eigenvalue weighted by Gasteiger charge is -2.24. The van der Waals surface area contributed by atoms with Crippen molar-refractivity contribution in [3.63, 3.8) is 0 Å². The van der Waals surface area contributed by atoms with Crippen LogP contribution in [0.25, 0.3) is 16.8 Å². The summed E-state index contributed by atoms with van der Waals surface area (Å²) in [5.41, 5.74) is 8.83. The second kappa shape index (κ2) is 9.11. The minimum Gasteiger partial charge on any atom is -0.496 e. The fraction of sp³-hybridized carbons (Fsp3) is 0.280.